The summed E-state index contributed by atoms with van der Waals surface area (Å²) in [6, 6.07) is 21.7. The van der Waals surface area contributed by atoms with Crippen LogP contribution in [0.4, 0.5) is 0 Å². The molecule has 4 rings (SSSR count). The van der Waals surface area contributed by atoms with Gasteiger partial charge in [-0.25, -0.2) is 0 Å². The quantitative estimate of drug-likeness (QED) is 0.468. The van der Waals surface area contributed by atoms with Crippen molar-refractivity contribution >= 4 is 17.7 Å². The SMILES string of the molecule is O=C(NCC(=O)N(CCc1ccccc1)[C@@H](C(=O)NC1CCCC1)c1ccccc1)c1ccco1. The molecule has 0 aliphatic heterocycles. The van der Waals surface area contributed by atoms with Gasteiger partial charge in [-0.05, 0) is 42.5 Å². The second-order valence-corrected chi connectivity index (χ2v) is 8.79. The van der Waals surface area contributed by atoms with Gasteiger partial charge in [0.1, 0.15) is 6.04 Å². The number of benzene rings is 2. The van der Waals surface area contributed by atoms with Gasteiger partial charge in [0.25, 0.3) is 5.91 Å². The van der Waals surface area contributed by atoms with E-state index in [0.29, 0.717) is 13.0 Å². The van der Waals surface area contributed by atoms with Crippen molar-refractivity contribution in [3.63, 3.8) is 0 Å². The zero-order valence-corrected chi connectivity index (χ0v) is 19.7. The van der Waals surface area contributed by atoms with Gasteiger partial charge >= 0.3 is 0 Å². The maximum Gasteiger partial charge on any atom is 0.287 e. The lowest BCUT2D eigenvalue weighted by Crippen LogP contribution is -2.49. The second kappa shape index (κ2) is 12.0. The Morgan fingerprint density at radius 2 is 1.60 bits per heavy atom. The molecular formula is C28H31N3O4. The fourth-order valence-electron chi connectivity index (χ4n) is 4.50. The summed E-state index contributed by atoms with van der Waals surface area (Å²) in [6.07, 6.45) is 6.07. The highest BCUT2D eigenvalue weighted by atomic mass is 16.3. The van der Waals surface area contributed by atoms with E-state index in [1.165, 1.54) is 12.3 Å². The van der Waals surface area contributed by atoms with Crippen molar-refractivity contribution in [2.75, 3.05) is 13.1 Å². The molecule has 1 aromatic heterocycles. The number of furan rings is 1. The zero-order chi connectivity index (χ0) is 24.5. The van der Waals surface area contributed by atoms with Crippen LogP contribution in [0.1, 0.15) is 53.4 Å². The Labute approximate surface area is 205 Å². The lowest BCUT2D eigenvalue weighted by atomic mass is 10.0. The van der Waals surface area contributed by atoms with E-state index in [2.05, 4.69) is 10.6 Å². The molecule has 1 saturated carbocycles. The fourth-order valence-corrected chi connectivity index (χ4v) is 4.50. The van der Waals surface area contributed by atoms with Crippen LogP contribution in [-0.2, 0) is 16.0 Å². The first-order chi connectivity index (χ1) is 17.1. The number of amides is 3. The molecule has 2 aromatic carbocycles. The predicted octanol–water partition coefficient (Wildman–Crippen LogP) is 3.88. The number of rotatable bonds is 10. The summed E-state index contributed by atoms with van der Waals surface area (Å²) in [6.45, 7) is 0.0888. The van der Waals surface area contributed by atoms with Crippen molar-refractivity contribution in [2.24, 2.45) is 0 Å². The highest BCUT2D eigenvalue weighted by Gasteiger charge is 2.33. The van der Waals surface area contributed by atoms with Crippen molar-refractivity contribution in [3.8, 4) is 0 Å². The Morgan fingerprint density at radius 1 is 0.914 bits per heavy atom. The van der Waals surface area contributed by atoms with Crippen LogP contribution in [0.25, 0.3) is 0 Å². The molecular weight excluding hydrogens is 442 g/mol. The number of nitrogens with zero attached hydrogens (tertiary/aromatic N) is 1. The first-order valence-corrected chi connectivity index (χ1v) is 12.1. The van der Waals surface area contributed by atoms with E-state index in [1.54, 1.807) is 11.0 Å². The first kappa shape index (κ1) is 24.3. The standard InChI is InChI=1S/C28H31N3O4/c32-25(20-29-27(33)24-16-9-19-35-24)31(18-17-21-10-3-1-4-11-21)26(22-12-5-2-6-13-22)28(34)30-23-14-7-8-15-23/h1-6,9-13,16,19,23,26H,7-8,14-15,17-18,20H2,(H,29,33)(H,30,34)/t26-/m1/s1. The minimum Gasteiger partial charge on any atom is -0.459 e. The van der Waals surface area contributed by atoms with Crippen molar-refractivity contribution in [2.45, 2.75) is 44.2 Å². The van der Waals surface area contributed by atoms with Crippen molar-refractivity contribution < 1.29 is 18.8 Å². The van der Waals surface area contributed by atoms with Crippen LogP contribution in [0.5, 0.6) is 0 Å². The molecule has 1 heterocycles. The van der Waals surface area contributed by atoms with E-state index in [0.717, 1.165) is 36.8 Å². The Kier molecular flexibility index (Phi) is 8.33. The Morgan fingerprint density at radius 3 is 2.26 bits per heavy atom. The maximum absolute atomic E-state index is 13.6. The molecule has 1 aliphatic rings. The number of nitrogens with one attached hydrogen (secondary N) is 2. The molecule has 182 valence electrons. The second-order valence-electron chi connectivity index (χ2n) is 8.79. The number of hydrogen-bond acceptors (Lipinski definition) is 4. The van der Waals surface area contributed by atoms with Crippen LogP contribution in [-0.4, -0.2) is 41.8 Å². The van der Waals surface area contributed by atoms with Crippen LogP contribution in [0.3, 0.4) is 0 Å². The molecule has 1 aliphatic carbocycles. The summed E-state index contributed by atoms with van der Waals surface area (Å²) < 4.78 is 5.12. The molecule has 0 spiro atoms. The number of carbonyl (C=O) groups excluding carboxylic acids is 3. The minimum absolute atomic E-state index is 0.124. The molecule has 7 nitrogen and oxygen atoms in total. The van der Waals surface area contributed by atoms with Gasteiger partial charge in [-0.15, -0.1) is 0 Å². The minimum atomic E-state index is -0.798. The average Bonchev–Trinajstić information content (AvgIpc) is 3.61. The largest absolute Gasteiger partial charge is 0.459 e. The third-order valence-corrected chi connectivity index (χ3v) is 6.33. The smallest absolute Gasteiger partial charge is 0.287 e. The van der Waals surface area contributed by atoms with Crippen molar-refractivity contribution in [1.82, 2.24) is 15.5 Å². The normalized spacial score (nSPS) is 14.3. The lowest BCUT2D eigenvalue weighted by Gasteiger charge is -2.32. The summed E-state index contributed by atoms with van der Waals surface area (Å²) in [5, 5.41) is 5.79. The zero-order valence-electron chi connectivity index (χ0n) is 19.7. The number of carbonyl (C=O) groups is 3. The van der Waals surface area contributed by atoms with Gasteiger partial charge in [0, 0.05) is 12.6 Å². The van der Waals surface area contributed by atoms with Crippen LogP contribution in [0.2, 0.25) is 0 Å². The Hall–Kier alpha value is -3.87. The molecule has 0 bridgehead atoms. The predicted molar refractivity (Wildman–Crippen MR) is 132 cm³/mol. The molecule has 35 heavy (non-hydrogen) atoms. The van der Waals surface area contributed by atoms with E-state index < -0.39 is 11.9 Å². The molecule has 0 radical (unpaired) electrons. The molecule has 1 fully saturated rings. The summed E-state index contributed by atoms with van der Waals surface area (Å²) in [7, 11) is 0. The molecule has 2 N–H and O–H groups in total. The van der Waals surface area contributed by atoms with Gasteiger partial charge in [-0.2, -0.15) is 0 Å². The molecule has 3 aromatic rings. The third-order valence-electron chi connectivity index (χ3n) is 6.33. The summed E-state index contributed by atoms with van der Waals surface area (Å²) in [4.78, 5) is 41.0. The molecule has 1 atom stereocenters. The molecule has 0 saturated heterocycles. The highest BCUT2D eigenvalue weighted by molar-refractivity contribution is 5.95. The molecule has 3 amide bonds. The maximum atomic E-state index is 13.6. The van der Waals surface area contributed by atoms with Crippen molar-refractivity contribution in [1.29, 1.82) is 0 Å². The van der Waals surface area contributed by atoms with E-state index in [9.17, 15) is 14.4 Å². The van der Waals surface area contributed by atoms with Gasteiger partial charge < -0.3 is 20.0 Å². The molecule has 7 heteroatoms. The number of hydrogen-bond donors (Lipinski definition) is 2. The monoisotopic (exact) mass is 473 g/mol. The molecule has 0 unspecified atom stereocenters. The average molecular weight is 474 g/mol. The van der Waals surface area contributed by atoms with Crippen molar-refractivity contribution in [3.05, 3.63) is 95.9 Å². The van der Waals surface area contributed by atoms with Crippen LogP contribution >= 0.6 is 0 Å². The van der Waals surface area contributed by atoms with Crippen LogP contribution < -0.4 is 10.6 Å². The summed E-state index contributed by atoms with van der Waals surface area (Å²) in [5.41, 5.74) is 1.80. The van der Waals surface area contributed by atoms with E-state index in [4.69, 9.17) is 4.42 Å². The van der Waals surface area contributed by atoms with E-state index >= 15 is 0 Å². The Bertz CT molecular complexity index is 1090. The highest BCUT2D eigenvalue weighted by Crippen LogP contribution is 2.24. The third kappa shape index (κ3) is 6.59. The fraction of sp³-hybridized carbons (Fsp3) is 0.321. The first-order valence-electron chi connectivity index (χ1n) is 12.1. The van der Waals surface area contributed by atoms with Crippen LogP contribution in [0, 0.1) is 0 Å². The summed E-state index contributed by atoms with van der Waals surface area (Å²) >= 11 is 0. The van der Waals surface area contributed by atoms with E-state index in [-0.39, 0.29) is 30.2 Å². The summed E-state index contributed by atoms with van der Waals surface area (Å²) in [5.74, 6) is -0.872. The lowest BCUT2D eigenvalue weighted by molar-refractivity contribution is -0.140. The van der Waals surface area contributed by atoms with Gasteiger partial charge in [-0.3, -0.25) is 14.4 Å². The van der Waals surface area contributed by atoms with Gasteiger partial charge in [-0.1, -0.05) is 73.5 Å². The topological polar surface area (TPSA) is 91.7 Å². The van der Waals surface area contributed by atoms with Crippen LogP contribution in [0.15, 0.2) is 83.5 Å². The Balaban J connectivity index is 1.57. The van der Waals surface area contributed by atoms with Gasteiger partial charge in [0.2, 0.25) is 11.8 Å². The van der Waals surface area contributed by atoms with Gasteiger partial charge in [0.05, 0.1) is 12.8 Å². The van der Waals surface area contributed by atoms with Gasteiger partial charge in [0.15, 0.2) is 5.76 Å². The van der Waals surface area contributed by atoms with E-state index in [1.807, 2.05) is 60.7 Å².